The number of anilines is 1. The van der Waals surface area contributed by atoms with Gasteiger partial charge in [-0.25, -0.2) is 8.42 Å². The Morgan fingerprint density at radius 1 is 1.10 bits per heavy atom. The largest absolute Gasteiger partial charge is 0.271 e. The Bertz CT molecular complexity index is 773. The lowest BCUT2D eigenvalue weighted by atomic mass is 10.2. The second-order valence-electron chi connectivity index (χ2n) is 4.51. The molecule has 0 saturated heterocycles. The number of aryl methyl sites for hydroxylation is 1. The molecule has 0 amide bonds. The zero-order valence-corrected chi connectivity index (χ0v) is 12.4. The van der Waals surface area contributed by atoms with Gasteiger partial charge in [-0.2, -0.15) is 0 Å². The van der Waals surface area contributed by atoms with Crippen LogP contribution in [0.1, 0.15) is 5.56 Å². The van der Waals surface area contributed by atoms with Gasteiger partial charge in [-0.15, -0.1) is 0 Å². The van der Waals surface area contributed by atoms with Crippen LogP contribution in [0.15, 0.2) is 53.4 Å². The maximum Gasteiger partial charge on any atom is 0.271 e. The summed E-state index contributed by atoms with van der Waals surface area (Å²) in [7, 11) is -2.36. The predicted octanol–water partition coefficient (Wildman–Crippen LogP) is 2.73. The van der Waals surface area contributed by atoms with E-state index in [0.29, 0.717) is 5.56 Å². The summed E-state index contributed by atoms with van der Waals surface area (Å²) in [5.74, 6) is 0. The van der Waals surface area contributed by atoms with E-state index in [9.17, 15) is 18.5 Å². The Balaban J connectivity index is 2.52. The number of sulfonamides is 1. The third kappa shape index (κ3) is 2.87. The second kappa shape index (κ2) is 5.53. The monoisotopic (exact) mass is 306 g/mol. The molecule has 7 heteroatoms. The van der Waals surface area contributed by atoms with E-state index in [1.54, 1.807) is 25.1 Å². The van der Waals surface area contributed by atoms with Crippen molar-refractivity contribution in [2.45, 2.75) is 11.8 Å². The van der Waals surface area contributed by atoms with Crippen molar-refractivity contribution < 1.29 is 13.3 Å². The van der Waals surface area contributed by atoms with E-state index < -0.39 is 14.9 Å². The summed E-state index contributed by atoms with van der Waals surface area (Å²) in [5, 5.41) is 10.8. The van der Waals surface area contributed by atoms with Crippen LogP contribution < -0.4 is 4.31 Å². The number of benzene rings is 2. The number of hydrogen-bond donors (Lipinski definition) is 0. The fourth-order valence-electron chi connectivity index (χ4n) is 1.93. The topological polar surface area (TPSA) is 80.5 Å². The summed E-state index contributed by atoms with van der Waals surface area (Å²) in [6, 6.07) is 12.1. The first-order valence-corrected chi connectivity index (χ1v) is 7.57. The molecule has 110 valence electrons. The zero-order valence-electron chi connectivity index (χ0n) is 11.6. The van der Waals surface area contributed by atoms with Crippen molar-refractivity contribution in [3.63, 3.8) is 0 Å². The average molecular weight is 306 g/mol. The van der Waals surface area contributed by atoms with E-state index in [1.165, 1.54) is 37.4 Å². The van der Waals surface area contributed by atoms with Gasteiger partial charge in [0.15, 0.2) is 0 Å². The van der Waals surface area contributed by atoms with Crippen LogP contribution in [0.4, 0.5) is 11.4 Å². The maximum absolute atomic E-state index is 12.5. The highest BCUT2D eigenvalue weighted by Gasteiger charge is 2.23. The van der Waals surface area contributed by atoms with Crippen molar-refractivity contribution >= 4 is 21.4 Å². The van der Waals surface area contributed by atoms with Crippen LogP contribution in [0, 0.1) is 17.0 Å². The molecule has 0 aromatic heterocycles. The van der Waals surface area contributed by atoms with Crippen molar-refractivity contribution in [1.82, 2.24) is 0 Å². The van der Waals surface area contributed by atoms with E-state index in [4.69, 9.17) is 0 Å². The molecule has 6 nitrogen and oxygen atoms in total. The van der Waals surface area contributed by atoms with E-state index in [0.717, 1.165) is 4.31 Å². The summed E-state index contributed by atoms with van der Waals surface area (Å²) in [5.41, 5.74) is 0.779. The summed E-state index contributed by atoms with van der Waals surface area (Å²) >= 11 is 0. The van der Waals surface area contributed by atoms with Gasteiger partial charge in [0.05, 0.1) is 15.5 Å². The van der Waals surface area contributed by atoms with Gasteiger partial charge in [-0.3, -0.25) is 14.4 Å². The third-order valence-corrected chi connectivity index (χ3v) is 4.93. The summed E-state index contributed by atoms with van der Waals surface area (Å²) < 4.78 is 26.1. The van der Waals surface area contributed by atoms with Crippen molar-refractivity contribution in [1.29, 1.82) is 0 Å². The van der Waals surface area contributed by atoms with Crippen LogP contribution in [0.3, 0.4) is 0 Å². The standard InChI is InChI=1S/C14H14N2O4S/c1-11-8-9-12(16(17)18)10-14(11)15(2)21(19,20)13-6-4-3-5-7-13/h3-10H,1-2H3. The molecule has 0 aliphatic heterocycles. The quantitative estimate of drug-likeness (QED) is 0.642. The van der Waals surface area contributed by atoms with E-state index in [-0.39, 0.29) is 16.3 Å². The Morgan fingerprint density at radius 2 is 1.71 bits per heavy atom. The summed E-state index contributed by atoms with van der Waals surface area (Å²) in [4.78, 5) is 10.4. The number of rotatable bonds is 4. The molecule has 0 fully saturated rings. The van der Waals surface area contributed by atoms with Gasteiger partial charge in [0.1, 0.15) is 0 Å². The Morgan fingerprint density at radius 3 is 2.29 bits per heavy atom. The lowest BCUT2D eigenvalue weighted by molar-refractivity contribution is -0.384. The van der Waals surface area contributed by atoms with Gasteiger partial charge in [0.25, 0.3) is 15.7 Å². The number of hydrogen-bond acceptors (Lipinski definition) is 4. The Kier molecular flexibility index (Phi) is 3.95. The van der Waals surface area contributed by atoms with Gasteiger partial charge in [-0.1, -0.05) is 24.3 Å². The molecule has 0 atom stereocenters. The first-order valence-electron chi connectivity index (χ1n) is 6.13. The highest BCUT2D eigenvalue weighted by Crippen LogP contribution is 2.28. The second-order valence-corrected chi connectivity index (χ2v) is 6.48. The van der Waals surface area contributed by atoms with Gasteiger partial charge in [-0.05, 0) is 24.6 Å². The summed E-state index contributed by atoms with van der Waals surface area (Å²) in [6.07, 6.45) is 0. The number of nitro benzene ring substituents is 1. The minimum absolute atomic E-state index is 0.137. The molecule has 0 saturated carbocycles. The lowest BCUT2D eigenvalue weighted by Gasteiger charge is -2.21. The number of nitro groups is 1. The molecule has 0 aliphatic rings. The third-order valence-electron chi connectivity index (χ3n) is 3.14. The molecular formula is C14H14N2O4S. The molecule has 0 heterocycles. The highest BCUT2D eigenvalue weighted by atomic mass is 32.2. The van der Waals surface area contributed by atoms with Crippen LogP contribution >= 0.6 is 0 Å². The summed E-state index contributed by atoms with van der Waals surface area (Å²) in [6.45, 7) is 1.70. The zero-order chi connectivity index (χ0) is 15.6. The molecule has 0 N–H and O–H groups in total. The van der Waals surface area contributed by atoms with Gasteiger partial charge in [0.2, 0.25) is 0 Å². The minimum Gasteiger partial charge on any atom is -0.269 e. The average Bonchev–Trinajstić information content (AvgIpc) is 2.47. The van der Waals surface area contributed by atoms with Crippen molar-refractivity contribution in [3.8, 4) is 0 Å². The van der Waals surface area contributed by atoms with Crippen molar-refractivity contribution in [2.75, 3.05) is 11.4 Å². The molecule has 0 spiro atoms. The smallest absolute Gasteiger partial charge is 0.269 e. The maximum atomic E-state index is 12.5. The molecule has 0 bridgehead atoms. The Hall–Kier alpha value is -2.41. The molecule has 0 aliphatic carbocycles. The molecule has 2 aromatic rings. The van der Waals surface area contributed by atoms with E-state index >= 15 is 0 Å². The van der Waals surface area contributed by atoms with Crippen molar-refractivity contribution in [2.24, 2.45) is 0 Å². The normalized spacial score (nSPS) is 11.1. The molecular weight excluding hydrogens is 292 g/mol. The van der Waals surface area contributed by atoms with Crippen LogP contribution in [-0.2, 0) is 10.0 Å². The van der Waals surface area contributed by atoms with Crippen molar-refractivity contribution in [3.05, 3.63) is 64.2 Å². The number of nitrogens with zero attached hydrogens (tertiary/aromatic N) is 2. The molecule has 2 rings (SSSR count). The molecule has 0 unspecified atom stereocenters. The van der Waals surface area contributed by atoms with Crippen LogP contribution in [-0.4, -0.2) is 20.4 Å². The predicted molar refractivity (Wildman–Crippen MR) is 79.9 cm³/mol. The highest BCUT2D eigenvalue weighted by molar-refractivity contribution is 7.92. The fourth-order valence-corrected chi connectivity index (χ4v) is 3.20. The molecule has 2 aromatic carbocycles. The van der Waals surface area contributed by atoms with Crippen LogP contribution in [0.25, 0.3) is 0 Å². The Labute approximate surface area is 122 Å². The van der Waals surface area contributed by atoms with Gasteiger partial charge >= 0.3 is 0 Å². The van der Waals surface area contributed by atoms with Gasteiger partial charge < -0.3 is 0 Å². The molecule has 21 heavy (non-hydrogen) atoms. The van der Waals surface area contributed by atoms with Crippen LogP contribution in [0.2, 0.25) is 0 Å². The van der Waals surface area contributed by atoms with E-state index in [1.807, 2.05) is 0 Å². The minimum atomic E-state index is -3.75. The van der Waals surface area contributed by atoms with E-state index in [2.05, 4.69) is 0 Å². The lowest BCUT2D eigenvalue weighted by Crippen LogP contribution is -2.27. The SMILES string of the molecule is Cc1ccc([N+](=O)[O-])cc1N(C)S(=O)(=O)c1ccccc1. The number of non-ortho nitro benzene ring substituents is 1. The fraction of sp³-hybridized carbons (Fsp3) is 0.143. The van der Waals surface area contributed by atoms with Crippen LogP contribution in [0.5, 0.6) is 0 Å². The first-order chi connectivity index (χ1) is 9.84. The van der Waals surface area contributed by atoms with Gasteiger partial charge in [0, 0.05) is 19.2 Å². The first kappa shape index (κ1) is 15.0. The molecule has 0 radical (unpaired) electrons.